The fourth-order valence-electron chi connectivity index (χ4n) is 1.48. The van der Waals surface area contributed by atoms with Gasteiger partial charge in [0, 0.05) is 0 Å². The van der Waals surface area contributed by atoms with Crippen LogP contribution in [0.3, 0.4) is 0 Å². The molecule has 0 atom stereocenters. The van der Waals surface area contributed by atoms with Crippen LogP contribution in [0.25, 0.3) is 11.6 Å². The van der Waals surface area contributed by atoms with Crippen LogP contribution >= 0.6 is 0 Å². The van der Waals surface area contributed by atoms with Gasteiger partial charge in [-0.1, -0.05) is 110 Å². The molecule has 0 heterocycles. The molecule has 0 nitrogen and oxygen atoms in total. The van der Waals surface area contributed by atoms with Crippen LogP contribution in [0.1, 0.15) is 31.9 Å². The van der Waals surface area contributed by atoms with Crippen LogP contribution in [0.4, 0.5) is 0 Å². The van der Waals surface area contributed by atoms with Gasteiger partial charge in [-0.3, -0.25) is 0 Å². The SMILES string of the molecule is C=C(C)c1ccccc1.C=CC(=C)C.CC=Cc1ccccc1. The summed E-state index contributed by atoms with van der Waals surface area (Å²) in [5.41, 5.74) is 4.62. The van der Waals surface area contributed by atoms with E-state index in [2.05, 4.69) is 50.1 Å². The van der Waals surface area contributed by atoms with Gasteiger partial charge >= 0.3 is 0 Å². The molecule has 0 spiro atoms. The second-order valence-corrected chi connectivity index (χ2v) is 5.11. The standard InChI is InChI=1S/2C9H10.C5H8/c1-8(2)9-6-4-3-5-7-9;1-2-6-9-7-4-3-5-8-9;1-4-5(2)3/h3-7H,1H2,2H3;2-8H,1H3;4H,1-2H2,3H3. The minimum Gasteiger partial charge on any atom is -0.0988 e. The third-order valence-electron chi connectivity index (χ3n) is 2.77. The Bertz CT molecular complexity index is 601. The summed E-state index contributed by atoms with van der Waals surface area (Å²) in [7, 11) is 0. The first-order valence-electron chi connectivity index (χ1n) is 7.67. The summed E-state index contributed by atoms with van der Waals surface area (Å²) in [5, 5.41) is 0. The van der Waals surface area contributed by atoms with Crippen LogP contribution in [0, 0.1) is 0 Å². The molecule has 120 valence electrons. The van der Waals surface area contributed by atoms with Crippen molar-refractivity contribution in [3.63, 3.8) is 0 Å². The van der Waals surface area contributed by atoms with Gasteiger partial charge in [0.1, 0.15) is 0 Å². The molecule has 0 heteroatoms. The molecule has 2 aromatic rings. The second-order valence-electron chi connectivity index (χ2n) is 5.11. The lowest BCUT2D eigenvalue weighted by atomic mass is 10.1. The van der Waals surface area contributed by atoms with E-state index in [1.54, 1.807) is 6.08 Å². The molecule has 2 rings (SSSR count). The van der Waals surface area contributed by atoms with E-state index in [0.717, 1.165) is 11.1 Å². The Hall–Kier alpha value is -2.60. The lowest BCUT2D eigenvalue weighted by Gasteiger charge is -1.94. The number of benzene rings is 2. The molecule has 0 saturated heterocycles. The van der Waals surface area contributed by atoms with E-state index in [1.165, 1.54) is 11.1 Å². The monoisotopic (exact) mass is 304 g/mol. The summed E-state index contributed by atoms with van der Waals surface area (Å²) in [6.45, 7) is 16.8. The van der Waals surface area contributed by atoms with E-state index in [4.69, 9.17) is 0 Å². The molecular formula is C23H28. The van der Waals surface area contributed by atoms with Crippen molar-refractivity contribution in [2.45, 2.75) is 20.8 Å². The summed E-state index contributed by atoms with van der Waals surface area (Å²) in [4.78, 5) is 0. The highest BCUT2D eigenvalue weighted by Crippen LogP contribution is 2.08. The van der Waals surface area contributed by atoms with Crippen molar-refractivity contribution in [1.29, 1.82) is 0 Å². The highest BCUT2D eigenvalue weighted by atomic mass is 13.9. The first kappa shape index (κ1) is 20.4. The molecule has 0 fully saturated rings. The Balaban J connectivity index is 0.000000332. The average molecular weight is 304 g/mol. The molecule has 0 aliphatic heterocycles. The Morgan fingerprint density at radius 2 is 1.26 bits per heavy atom. The third kappa shape index (κ3) is 11.7. The molecule has 0 radical (unpaired) electrons. The highest BCUT2D eigenvalue weighted by Gasteiger charge is 1.86. The molecule has 2 aromatic carbocycles. The summed E-state index contributed by atoms with van der Waals surface area (Å²) in [6, 6.07) is 20.4. The number of rotatable bonds is 3. The van der Waals surface area contributed by atoms with Gasteiger partial charge in [-0.05, 0) is 31.9 Å². The Morgan fingerprint density at radius 1 is 0.826 bits per heavy atom. The van der Waals surface area contributed by atoms with Crippen molar-refractivity contribution in [3.8, 4) is 0 Å². The summed E-state index contributed by atoms with van der Waals surface area (Å²) < 4.78 is 0. The summed E-state index contributed by atoms with van der Waals surface area (Å²) in [5.74, 6) is 0. The van der Waals surface area contributed by atoms with Gasteiger partial charge < -0.3 is 0 Å². The van der Waals surface area contributed by atoms with Gasteiger partial charge in [-0.15, -0.1) is 0 Å². The minimum absolute atomic E-state index is 1.02. The lowest BCUT2D eigenvalue weighted by molar-refractivity contribution is 1.58. The fraction of sp³-hybridized carbons (Fsp3) is 0.130. The zero-order valence-electron chi connectivity index (χ0n) is 14.6. The van der Waals surface area contributed by atoms with Crippen molar-refractivity contribution in [1.82, 2.24) is 0 Å². The van der Waals surface area contributed by atoms with E-state index >= 15 is 0 Å². The molecule has 0 aliphatic rings. The van der Waals surface area contributed by atoms with Crippen molar-refractivity contribution in [3.05, 3.63) is 109 Å². The van der Waals surface area contributed by atoms with Crippen LogP contribution < -0.4 is 0 Å². The number of allylic oxidation sites excluding steroid dienone is 4. The van der Waals surface area contributed by atoms with E-state index in [0.29, 0.717) is 0 Å². The lowest BCUT2D eigenvalue weighted by Crippen LogP contribution is -1.72. The van der Waals surface area contributed by atoms with Gasteiger partial charge in [0.05, 0.1) is 0 Å². The van der Waals surface area contributed by atoms with Crippen LogP contribution in [-0.2, 0) is 0 Å². The summed E-state index contributed by atoms with van der Waals surface area (Å²) in [6.07, 6.45) is 5.84. The van der Waals surface area contributed by atoms with Crippen LogP contribution in [0.2, 0.25) is 0 Å². The predicted molar refractivity (Wildman–Crippen MR) is 107 cm³/mol. The zero-order chi connectivity index (χ0) is 17.5. The molecule has 23 heavy (non-hydrogen) atoms. The highest BCUT2D eigenvalue weighted by molar-refractivity contribution is 5.60. The van der Waals surface area contributed by atoms with Crippen molar-refractivity contribution in [2.75, 3.05) is 0 Å². The zero-order valence-corrected chi connectivity index (χ0v) is 14.6. The van der Waals surface area contributed by atoms with Gasteiger partial charge in [0.15, 0.2) is 0 Å². The topological polar surface area (TPSA) is 0 Å². The Morgan fingerprint density at radius 3 is 1.57 bits per heavy atom. The maximum atomic E-state index is 3.83. The maximum absolute atomic E-state index is 3.83. The Labute approximate surface area is 142 Å². The molecule has 0 aromatic heterocycles. The van der Waals surface area contributed by atoms with Gasteiger partial charge in [-0.25, -0.2) is 0 Å². The van der Waals surface area contributed by atoms with Gasteiger partial charge in [0.25, 0.3) is 0 Å². The predicted octanol–water partition coefficient (Wildman–Crippen LogP) is 7.19. The van der Waals surface area contributed by atoms with Crippen LogP contribution in [-0.4, -0.2) is 0 Å². The Kier molecular flexibility index (Phi) is 11.6. The van der Waals surface area contributed by atoms with Gasteiger partial charge in [-0.2, -0.15) is 0 Å². The third-order valence-corrected chi connectivity index (χ3v) is 2.77. The van der Waals surface area contributed by atoms with Crippen molar-refractivity contribution >= 4 is 11.6 Å². The van der Waals surface area contributed by atoms with Crippen LogP contribution in [0.5, 0.6) is 0 Å². The first-order valence-corrected chi connectivity index (χ1v) is 7.67. The van der Waals surface area contributed by atoms with E-state index in [9.17, 15) is 0 Å². The van der Waals surface area contributed by atoms with E-state index in [1.807, 2.05) is 63.2 Å². The van der Waals surface area contributed by atoms with Crippen molar-refractivity contribution in [2.24, 2.45) is 0 Å². The first-order chi connectivity index (χ1) is 11.0. The average Bonchev–Trinajstić information content (AvgIpc) is 2.58. The summed E-state index contributed by atoms with van der Waals surface area (Å²) >= 11 is 0. The normalized spacial score (nSPS) is 9.00. The van der Waals surface area contributed by atoms with Crippen molar-refractivity contribution < 1.29 is 0 Å². The van der Waals surface area contributed by atoms with Crippen LogP contribution in [0.15, 0.2) is 98.1 Å². The number of hydrogen-bond acceptors (Lipinski definition) is 0. The molecule has 0 saturated carbocycles. The fourth-order valence-corrected chi connectivity index (χ4v) is 1.48. The quantitative estimate of drug-likeness (QED) is 0.526. The maximum Gasteiger partial charge on any atom is -0.0233 e. The molecular weight excluding hydrogens is 276 g/mol. The van der Waals surface area contributed by atoms with Gasteiger partial charge in [0.2, 0.25) is 0 Å². The second kappa shape index (κ2) is 13.1. The molecule has 0 bridgehead atoms. The number of hydrogen-bond donors (Lipinski definition) is 0. The molecule has 0 amide bonds. The minimum atomic E-state index is 1.02. The molecule has 0 aliphatic carbocycles. The van der Waals surface area contributed by atoms with E-state index < -0.39 is 0 Å². The van der Waals surface area contributed by atoms with E-state index in [-0.39, 0.29) is 0 Å². The smallest absolute Gasteiger partial charge is 0.0233 e. The molecule has 0 N–H and O–H groups in total. The largest absolute Gasteiger partial charge is 0.0988 e. The molecule has 0 unspecified atom stereocenters.